The molecule has 1 atom stereocenters. The number of phenolic OH excluding ortho intramolecular Hbond substituents is 1. The van der Waals surface area contributed by atoms with Crippen LogP contribution in [0, 0.1) is 18.7 Å². The molecule has 3 aromatic rings. The van der Waals surface area contributed by atoms with Crippen molar-refractivity contribution in [2.24, 2.45) is 5.92 Å². The number of anilines is 1. The number of nitrogens with zero attached hydrogens (tertiary/aromatic N) is 4. The minimum Gasteiger partial charge on any atom is -0.506 e. The summed E-state index contributed by atoms with van der Waals surface area (Å²) in [6.45, 7) is 4.96. The van der Waals surface area contributed by atoms with E-state index in [9.17, 15) is 9.50 Å². The number of phenols is 1. The molecule has 4 rings (SSSR count). The Kier molecular flexibility index (Phi) is 4.54. The molecule has 3 heterocycles. The number of hydrogen-bond acceptors (Lipinski definition) is 6. The second-order valence-corrected chi connectivity index (χ2v) is 8.05. The number of aromatic hydroxyl groups is 1. The molecule has 26 heavy (non-hydrogen) atoms. The number of aryl methyl sites for hydroxylation is 1. The first-order chi connectivity index (χ1) is 12.5. The topological polar surface area (TPSA) is 66.2 Å². The van der Waals surface area contributed by atoms with E-state index < -0.39 is 5.82 Å². The molecule has 1 aromatic carbocycles. The third kappa shape index (κ3) is 3.39. The molecular formula is C18H22FN5OS. The van der Waals surface area contributed by atoms with Crippen molar-refractivity contribution in [3.63, 3.8) is 0 Å². The van der Waals surface area contributed by atoms with Gasteiger partial charge in [0, 0.05) is 19.2 Å². The highest BCUT2D eigenvalue weighted by atomic mass is 32.1. The Morgan fingerprint density at radius 2 is 2.27 bits per heavy atom. The fraction of sp³-hybridized carbons (Fsp3) is 0.444. The number of aromatic nitrogens is 3. The number of halogens is 1. The van der Waals surface area contributed by atoms with Crippen LogP contribution in [0.3, 0.4) is 0 Å². The molecule has 2 aromatic heterocycles. The molecule has 6 nitrogen and oxygen atoms in total. The lowest BCUT2D eigenvalue weighted by Crippen LogP contribution is -2.35. The smallest absolute Gasteiger partial charge is 0.194 e. The Hall–Kier alpha value is -2.19. The molecule has 1 aliphatic heterocycles. The highest BCUT2D eigenvalue weighted by Gasteiger charge is 2.18. The van der Waals surface area contributed by atoms with Crippen molar-refractivity contribution in [3.8, 4) is 11.4 Å². The summed E-state index contributed by atoms with van der Waals surface area (Å²) >= 11 is 1.54. The van der Waals surface area contributed by atoms with Crippen molar-refractivity contribution in [2.75, 3.05) is 32.0 Å². The van der Waals surface area contributed by atoms with Gasteiger partial charge in [-0.3, -0.25) is 0 Å². The first kappa shape index (κ1) is 17.2. The zero-order valence-electron chi connectivity index (χ0n) is 14.9. The van der Waals surface area contributed by atoms with Gasteiger partial charge in [0.15, 0.2) is 10.8 Å². The Balaban J connectivity index is 1.51. The number of benzene rings is 1. The van der Waals surface area contributed by atoms with E-state index in [1.165, 1.54) is 25.5 Å². The second-order valence-electron chi connectivity index (χ2n) is 7.02. The summed E-state index contributed by atoms with van der Waals surface area (Å²) in [5.74, 6) is 0.0526. The number of nitrogens with one attached hydrogen (secondary N) is 1. The molecule has 0 aliphatic carbocycles. The summed E-state index contributed by atoms with van der Waals surface area (Å²) in [6, 6.07) is 2.48. The molecule has 1 aliphatic rings. The second kappa shape index (κ2) is 6.85. The first-order valence-electron chi connectivity index (χ1n) is 8.77. The van der Waals surface area contributed by atoms with Gasteiger partial charge in [0.1, 0.15) is 17.3 Å². The SMILES string of the molecule is Cc1cc(F)cc(O)c1-n1cc2sc(NC[C@@H]3CCCN(C)C3)nc2n1. The van der Waals surface area contributed by atoms with E-state index >= 15 is 0 Å². The highest BCUT2D eigenvalue weighted by Crippen LogP contribution is 2.31. The fourth-order valence-corrected chi connectivity index (χ4v) is 4.43. The van der Waals surface area contributed by atoms with Gasteiger partial charge in [-0.25, -0.2) is 9.07 Å². The van der Waals surface area contributed by atoms with E-state index in [0.29, 0.717) is 22.8 Å². The zero-order chi connectivity index (χ0) is 18.3. The molecule has 138 valence electrons. The third-order valence-corrected chi connectivity index (χ3v) is 5.75. The van der Waals surface area contributed by atoms with Gasteiger partial charge in [-0.15, -0.1) is 5.10 Å². The lowest BCUT2D eigenvalue weighted by Gasteiger charge is -2.29. The molecule has 2 N–H and O–H groups in total. The van der Waals surface area contributed by atoms with E-state index in [4.69, 9.17) is 0 Å². The predicted octanol–water partition coefficient (Wildman–Crippen LogP) is 3.39. The van der Waals surface area contributed by atoms with Gasteiger partial charge in [-0.1, -0.05) is 11.3 Å². The minimum atomic E-state index is -0.462. The van der Waals surface area contributed by atoms with Crippen molar-refractivity contribution in [2.45, 2.75) is 19.8 Å². The van der Waals surface area contributed by atoms with Gasteiger partial charge >= 0.3 is 0 Å². The van der Waals surface area contributed by atoms with Crippen molar-refractivity contribution < 1.29 is 9.50 Å². The van der Waals surface area contributed by atoms with Crippen LogP contribution in [-0.4, -0.2) is 51.5 Å². The van der Waals surface area contributed by atoms with E-state index in [2.05, 4.69) is 27.3 Å². The molecule has 0 spiro atoms. The summed E-state index contributed by atoms with van der Waals surface area (Å²) in [6.07, 6.45) is 4.32. The molecule has 1 fully saturated rings. The maximum absolute atomic E-state index is 13.4. The zero-order valence-corrected chi connectivity index (χ0v) is 15.7. The standard InChI is InChI=1S/C18H22FN5OS/c1-11-6-13(19)7-14(25)16(11)24-10-15-17(22-24)21-18(26-15)20-8-12-4-3-5-23(2)9-12/h6-7,10,12,25H,3-5,8-9H2,1-2H3,(H,20,21,22)/t12-/m0/s1. The number of rotatable bonds is 4. The fourth-order valence-electron chi connectivity index (χ4n) is 3.60. The van der Waals surface area contributed by atoms with Gasteiger partial charge in [-0.05, 0) is 50.9 Å². The van der Waals surface area contributed by atoms with Crippen LogP contribution in [0.5, 0.6) is 5.75 Å². The number of piperidine rings is 1. The third-order valence-electron chi connectivity index (χ3n) is 4.81. The summed E-state index contributed by atoms with van der Waals surface area (Å²) in [5.41, 5.74) is 1.73. The van der Waals surface area contributed by atoms with Gasteiger partial charge in [0.2, 0.25) is 0 Å². The molecule has 8 heteroatoms. The number of likely N-dealkylation sites (tertiary alicyclic amines) is 1. The number of thiazole rings is 1. The molecule has 0 amide bonds. The molecule has 0 bridgehead atoms. The monoisotopic (exact) mass is 375 g/mol. The van der Waals surface area contributed by atoms with Crippen molar-refractivity contribution in [3.05, 3.63) is 29.7 Å². The number of hydrogen-bond donors (Lipinski definition) is 2. The van der Waals surface area contributed by atoms with Crippen LogP contribution >= 0.6 is 11.3 Å². The maximum atomic E-state index is 13.4. The highest BCUT2D eigenvalue weighted by molar-refractivity contribution is 7.22. The van der Waals surface area contributed by atoms with Crippen LogP contribution in [0.1, 0.15) is 18.4 Å². The molecule has 1 saturated heterocycles. The average Bonchev–Trinajstić information content (AvgIpc) is 3.10. The Bertz CT molecular complexity index is 882. The Morgan fingerprint density at radius 1 is 1.42 bits per heavy atom. The average molecular weight is 375 g/mol. The van der Waals surface area contributed by atoms with Crippen LogP contribution in [-0.2, 0) is 0 Å². The summed E-state index contributed by atoms with van der Waals surface area (Å²) in [7, 11) is 2.17. The van der Waals surface area contributed by atoms with Gasteiger partial charge in [0.05, 0.1) is 10.9 Å². The van der Waals surface area contributed by atoms with Crippen LogP contribution in [0.15, 0.2) is 18.3 Å². The molecule has 0 unspecified atom stereocenters. The van der Waals surface area contributed by atoms with Crippen LogP contribution in [0.25, 0.3) is 16.0 Å². The van der Waals surface area contributed by atoms with E-state index in [1.54, 1.807) is 22.9 Å². The summed E-state index contributed by atoms with van der Waals surface area (Å²) in [5, 5.41) is 18.8. The minimum absolute atomic E-state index is 0.127. The van der Waals surface area contributed by atoms with Crippen LogP contribution < -0.4 is 5.32 Å². The normalized spacial score (nSPS) is 18.5. The van der Waals surface area contributed by atoms with Gasteiger partial charge in [-0.2, -0.15) is 4.98 Å². The van der Waals surface area contributed by atoms with E-state index in [0.717, 1.165) is 29.0 Å². The Labute approximate surface area is 155 Å². The molecule has 0 saturated carbocycles. The molecular weight excluding hydrogens is 353 g/mol. The first-order valence-corrected chi connectivity index (χ1v) is 9.59. The lowest BCUT2D eigenvalue weighted by atomic mass is 9.99. The summed E-state index contributed by atoms with van der Waals surface area (Å²) < 4.78 is 15.9. The van der Waals surface area contributed by atoms with E-state index in [-0.39, 0.29) is 5.75 Å². The van der Waals surface area contributed by atoms with E-state index in [1.807, 2.05) is 6.20 Å². The quantitative estimate of drug-likeness (QED) is 0.732. The maximum Gasteiger partial charge on any atom is 0.194 e. The van der Waals surface area contributed by atoms with Crippen molar-refractivity contribution in [1.82, 2.24) is 19.7 Å². The largest absolute Gasteiger partial charge is 0.506 e. The Morgan fingerprint density at radius 3 is 3.00 bits per heavy atom. The van der Waals surface area contributed by atoms with Gasteiger partial charge in [0.25, 0.3) is 0 Å². The van der Waals surface area contributed by atoms with Gasteiger partial charge < -0.3 is 15.3 Å². The molecule has 0 radical (unpaired) electrons. The van der Waals surface area contributed by atoms with Crippen molar-refractivity contribution >= 4 is 26.8 Å². The number of fused-ring (bicyclic) bond motifs is 1. The summed E-state index contributed by atoms with van der Waals surface area (Å²) in [4.78, 5) is 6.92. The van der Waals surface area contributed by atoms with Crippen molar-refractivity contribution in [1.29, 1.82) is 0 Å². The predicted molar refractivity (Wildman–Crippen MR) is 102 cm³/mol. The lowest BCUT2D eigenvalue weighted by molar-refractivity contribution is 0.217. The van der Waals surface area contributed by atoms with Crippen LogP contribution in [0.4, 0.5) is 9.52 Å². The van der Waals surface area contributed by atoms with Crippen LogP contribution in [0.2, 0.25) is 0 Å².